The monoisotopic (exact) mass is 434 g/mol. The highest BCUT2D eigenvalue weighted by molar-refractivity contribution is 5.67. The minimum Gasteiger partial charge on any atom is -0.397 e. The molecule has 1 atom stereocenters. The summed E-state index contributed by atoms with van der Waals surface area (Å²) in [4.78, 5) is 4.92. The van der Waals surface area contributed by atoms with Crippen LogP contribution in [-0.2, 0) is 6.54 Å². The van der Waals surface area contributed by atoms with E-state index < -0.39 is 0 Å². The van der Waals surface area contributed by atoms with Crippen molar-refractivity contribution in [3.63, 3.8) is 0 Å². The lowest BCUT2D eigenvalue weighted by molar-refractivity contribution is 0.105. The third-order valence-electron chi connectivity index (χ3n) is 6.02. The lowest BCUT2D eigenvalue weighted by Crippen LogP contribution is -2.47. The third-order valence-corrected chi connectivity index (χ3v) is 6.02. The minimum absolute atomic E-state index is 0.0768. The van der Waals surface area contributed by atoms with E-state index in [0.717, 1.165) is 44.0 Å². The number of hydrogen-bond donors (Lipinski definition) is 3. The predicted molar refractivity (Wildman–Crippen MR) is 128 cm³/mol. The summed E-state index contributed by atoms with van der Waals surface area (Å²) in [7, 11) is 0. The molecule has 1 fully saturated rings. The zero-order valence-electron chi connectivity index (χ0n) is 18.3. The Morgan fingerprint density at radius 1 is 0.906 bits per heavy atom. The topological polar surface area (TPSA) is 64.8 Å². The maximum Gasteiger partial charge on any atom is 0.123 e. The lowest BCUT2D eigenvalue weighted by Gasteiger charge is -2.40. The van der Waals surface area contributed by atoms with Gasteiger partial charge in [-0.1, -0.05) is 48.5 Å². The highest BCUT2D eigenvalue weighted by atomic mass is 19.1. The van der Waals surface area contributed by atoms with E-state index in [2.05, 4.69) is 45.4 Å². The molecule has 0 bridgehead atoms. The summed E-state index contributed by atoms with van der Waals surface area (Å²) in [6.45, 7) is 5.19. The zero-order chi connectivity index (χ0) is 22.3. The molecule has 0 radical (unpaired) electrons. The Morgan fingerprint density at radius 3 is 2.25 bits per heavy atom. The second-order valence-electron chi connectivity index (χ2n) is 8.25. The van der Waals surface area contributed by atoms with Crippen LogP contribution in [0.4, 0.5) is 15.8 Å². The van der Waals surface area contributed by atoms with E-state index in [1.807, 2.05) is 30.3 Å². The summed E-state index contributed by atoms with van der Waals surface area (Å²) in [6, 6.07) is 23.5. The highest BCUT2D eigenvalue weighted by Gasteiger charge is 2.26. The number of hydrogen-bond acceptors (Lipinski definition) is 5. The van der Waals surface area contributed by atoms with E-state index in [0.29, 0.717) is 12.2 Å². The van der Waals surface area contributed by atoms with Crippen LogP contribution in [0.5, 0.6) is 0 Å². The summed E-state index contributed by atoms with van der Waals surface area (Å²) in [5.41, 5.74) is 11.3. The number of nitrogen functional groups attached to an aromatic ring is 1. The smallest absolute Gasteiger partial charge is 0.123 e. The first-order valence-corrected chi connectivity index (χ1v) is 11.1. The van der Waals surface area contributed by atoms with Crippen molar-refractivity contribution in [2.24, 2.45) is 0 Å². The van der Waals surface area contributed by atoms with Crippen molar-refractivity contribution in [1.29, 1.82) is 0 Å². The summed E-state index contributed by atoms with van der Waals surface area (Å²) >= 11 is 0. The van der Waals surface area contributed by atoms with Gasteiger partial charge in [-0.2, -0.15) is 0 Å². The van der Waals surface area contributed by atoms with E-state index in [9.17, 15) is 4.39 Å². The maximum absolute atomic E-state index is 13.5. The van der Waals surface area contributed by atoms with Gasteiger partial charge in [-0.05, 0) is 41.0 Å². The average Bonchev–Trinajstić information content (AvgIpc) is 2.82. The number of rotatable bonds is 8. The van der Waals surface area contributed by atoms with Crippen molar-refractivity contribution in [3.8, 4) is 0 Å². The van der Waals surface area contributed by atoms with Crippen LogP contribution in [0.15, 0.2) is 72.8 Å². The van der Waals surface area contributed by atoms with Crippen LogP contribution < -0.4 is 11.1 Å². The average molecular weight is 435 g/mol. The number of anilines is 2. The van der Waals surface area contributed by atoms with Crippen molar-refractivity contribution < 1.29 is 9.50 Å². The first kappa shape index (κ1) is 22.3. The molecule has 4 rings (SSSR count). The molecule has 1 aliphatic rings. The standard InChI is InChI=1S/C26H31FN4O/c27-23-9-7-22(8-10-23)26(21-4-2-1-3-5-21)31-15-13-30(14-16-31)19-20-6-11-25(24(28)18-20)29-12-17-32/h1-11,18,26,29,32H,12-17,19,28H2. The fourth-order valence-electron chi connectivity index (χ4n) is 4.39. The maximum atomic E-state index is 13.5. The second-order valence-corrected chi connectivity index (χ2v) is 8.25. The van der Waals surface area contributed by atoms with Gasteiger partial charge in [-0.25, -0.2) is 4.39 Å². The number of halogens is 1. The molecule has 3 aromatic rings. The predicted octanol–water partition coefficient (Wildman–Crippen LogP) is 3.72. The van der Waals surface area contributed by atoms with Gasteiger partial charge in [0.15, 0.2) is 0 Å². The molecule has 5 nitrogen and oxygen atoms in total. The van der Waals surface area contributed by atoms with Gasteiger partial charge in [0, 0.05) is 39.3 Å². The summed E-state index contributed by atoms with van der Waals surface area (Å²) in [6.07, 6.45) is 0. The Balaban J connectivity index is 1.42. The Bertz CT molecular complexity index is 988. The van der Waals surface area contributed by atoms with E-state index in [4.69, 9.17) is 10.8 Å². The fourth-order valence-corrected chi connectivity index (χ4v) is 4.39. The Kier molecular flexibility index (Phi) is 7.37. The zero-order valence-corrected chi connectivity index (χ0v) is 18.3. The van der Waals surface area contributed by atoms with Crippen molar-refractivity contribution in [1.82, 2.24) is 9.80 Å². The normalized spacial score (nSPS) is 16.1. The molecule has 32 heavy (non-hydrogen) atoms. The number of nitrogens with two attached hydrogens (primary N) is 1. The molecule has 0 spiro atoms. The molecule has 4 N–H and O–H groups in total. The molecule has 0 aliphatic carbocycles. The molecule has 0 saturated carbocycles. The molecule has 6 heteroatoms. The molecule has 0 aromatic heterocycles. The molecular weight excluding hydrogens is 403 g/mol. The van der Waals surface area contributed by atoms with Crippen LogP contribution in [0.1, 0.15) is 22.7 Å². The van der Waals surface area contributed by atoms with Gasteiger partial charge in [0.2, 0.25) is 0 Å². The fraction of sp³-hybridized carbons (Fsp3) is 0.308. The lowest BCUT2D eigenvalue weighted by atomic mass is 9.96. The molecule has 1 aliphatic heterocycles. The molecule has 1 unspecified atom stereocenters. The number of aliphatic hydroxyl groups is 1. The number of benzene rings is 3. The van der Waals surface area contributed by atoms with Crippen molar-refractivity contribution in [2.75, 3.05) is 50.4 Å². The quantitative estimate of drug-likeness (QED) is 0.472. The highest BCUT2D eigenvalue weighted by Crippen LogP contribution is 2.30. The molecule has 0 amide bonds. The minimum atomic E-state index is -0.206. The van der Waals surface area contributed by atoms with Gasteiger partial charge in [-0.3, -0.25) is 9.80 Å². The molecule has 1 saturated heterocycles. The van der Waals surface area contributed by atoms with Gasteiger partial charge in [0.1, 0.15) is 5.82 Å². The van der Waals surface area contributed by atoms with E-state index in [-0.39, 0.29) is 18.5 Å². The Labute approximate surface area is 189 Å². The summed E-state index contributed by atoms with van der Waals surface area (Å²) < 4.78 is 13.5. The van der Waals surface area contributed by atoms with Crippen molar-refractivity contribution in [2.45, 2.75) is 12.6 Å². The Morgan fingerprint density at radius 2 is 1.59 bits per heavy atom. The van der Waals surface area contributed by atoms with Crippen LogP contribution in [0.25, 0.3) is 0 Å². The first-order valence-electron chi connectivity index (χ1n) is 11.1. The van der Waals surface area contributed by atoms with Gasteiger partial charge in [0.05, 0.1) is 24.0 Å². The van der Waals surface area contributed by atoms with Gasteiger partial charge < -0.3 is 16.2 Å². The van der Waals surface area contributed by atoms with Gasteiger partial charge in [-0.15, -0.1) is 0 Å². The first-order chi connectivity index (χ1) is 15.6. The molecular formula is C26H31FN4O. The van der Waals surface area contributed by atoms with E-state index in [1.54, 1.807) is 12.1 Å². The molecule has 1 heterocycles. The Hall–Kier alpha value is -2.93. The second kappa shape index (κ2) is 10.6. The number of aliphatic hydroxyl groups excluding tert-OH is 1. The van der Waals surface area contributed by atoms with Crippen molar-refractivity contribution in [3.05, 3.63) is 95.3 Å². The van der Waals surface area contributed by atoms with Crippen LogP contribution in [-0.4, -0.2) is 54.2 Å². The summed E-state index contributed by atoms with van der Waals surface area (Å²) in [5.74, 6) is -0.206. The van der Waals surface area contributed by atoms with E-state index >= 15 is 0 Å². The van der Waals surface area contributed by atoms with Crippen LogP contribution >= 0.6 is 0 Å². The van der Waals surface area contributed by atoms with Crippen LogP contribution in [0.3, 0.4) is 0 Å². The third kappa shape index (κ3) is 5.46. The van der Waals surface area contributed by atoms with Gasteiger partial charge in [0.25, 0.3) is 0 Å². The SMILES string of the molecule is Nc1cc(CN2CCN(C(c3ccccc3)c3ccc(F)cc3)CC2)ccc1NCCO. The largest absolute Gasteiger partial charge is 0.397 e. The molecule has 3 aromatic carbocycles. The molecule has 168 valence electrons. The van der Waals surface area contributed by atoms with Crippen molar-refractivity contribution >= 4 is 11.4 Å². The van der Waals surface area contributed by atoms with Crippen LogP contribution in [0, 0.1) is 5.82 Å². The van der Waals surface area contributed by atoms with E-state index in [1.165, 1.54) is 11.1 Å². The van der Waals surface area contributed by atoms with Gasteiger partial charge >= 0.3 is 0 Å². The number of piperazine rings is 1. The summed E-state index contributed by atoms with van der Waals surface area (Å²) in [5, 5.41) is 12.1. The van der Waals surface area contributed by atoms with Crippen LogP contribution in [0.2, 0.25) is 0 Å². The number of nitrogens with zero attached hydrogens (tertiary/aromatic N) is 2. The number of nitrogens with one attached hydrogen (secondary N) is 1.